The Morgan fingerprint density at radius 2 is 2.19 bits per heavy atom. The van der Waals surface area contributed by atoms with E-state index in [0.717, 1.165) is 24.6 Å². The number of halogens is 1. The lowest BCUT2D eigenvalue weighted by Gasteiger charge is -2.07. The maximum atomic E-state index is 11.1. The van der Waals surface area contributed by atoms with Crippen LogP contribution in [0.2, 0.25) is 5.02 Å². The largest absolute Gasteiger partial charge is 0.475 e. The maximum absolute atomic E-state index is 11.1. The molecule has 9 heteroatoms. The molecular weight excluding hydrogens is 314 g/mol. The Balaban J connectivity index is 2.01. The van der Waals surface area contributed by atoms with E-state index in [4.69, 9.17) is 16.7 Å². The van der Waals surface area contributed by atoms with Gasteiger partial charge in [-0.15, -0.1) is 5.10 Å². The van der Waals surface area contributed by atoms with Gasteiger partial charge in [-0.25, -0.2) is 14.5 Å². The first-order valence-corrected chi connectivity index (χ1v) is 7.37. The van der Waals surface area contributed by atoms with Crippen LogP contribution in [0.3, 0.4) is 0 Å². The molecule has 0 amide bonds. The van der Waals surface area contributed by atoms with E-state index in [2.05, 4.69) is 18.8 Å². The number of rotatable bonds is 3. The smallest absolute Gasteiger partial charge is 0.375 e. The number of fused-ring (bicyclic) bond motifs is 1. The van der Waals surface area contributed by atoms with Crippen molar-refractivity contribution in [3.05, 3.63) is 28.8 Å². The van der Waals surface area contributed by atoms with E-state index in [-0.39, 0.29) is 11.7 Å². The minimum Gasteiger partial charge on any atom is -0.475 e. The molecule has 3 aromatic rings. The average molecular weight is 322 g/mol. The number of hydrogen-bond acceptors (Lipinski definition) is 6. The van der Waals surface area contributed by atoms with Crippen molar-refractivity contribution in [3.63, 3.8) is 0 Å². The molecule has 1 aliphatic carbocycles. The van der Waals surface area contributed by atoms with Gasteiger partial charge in [0, 0.05) is 5.92 Å². The molecule has 0 bridgehead atoms. The summed E-state index contributed by atoms with van der Waals surface area (Å²) < 4.78 is 9.92. The first-order valence-electron chi connectivity index (χ1n) is 6.26. The minimum absolute atomic E-state index is 0.225. The van der Waals surface area contributed by atoms with Gasteiger partial charge in [-0.3, -0.25) is 0 Å². The summed E-state index contributed by atoms with van der Waals surface area (Å²) in [6.45, 7) is 0. The van der Waals surface area contributed by atoms with Crippen molar-refractivity contribution in [2.45, 2.75) is 18.8 Å². The van der Waals surface area contributed by atoms with Gasteiger partial charge in [0.15, 0.2) is 0 Å². The summed E-state index contributed by atoms with van der Waals surface area (Å²) in [4.78, 5) is 15.3. The Labute approximate surface area is 127 Å². The van der Waals surface area contributed by atoms with Crippen molar-refractivity contribution in [3.8, 4) is 5.69 Å². The van der Waals surface area contributed by atoms with Crippen LogP contribution in [0.25, 0.3) is 16.7 Å². The monoisotopic (exact) mass is 321 g/mol. The number of benzene rings is 1. The Morgan fingerprint density at radius 3 is 2.90 bits per heavy atom. The zero-order valence-corrected chi connectivity index (χ0v) is 12.1. The van der Waals surface area contributed by atoms with Crippen LogP contribution in [-0.4, -0.2) is 34.6 Å². The average Bonchev–Trinajstić information content (AvgIpc) is 3.02. The third-order valence-electron chi connectivity index (χ3n) is 3.33. The molecule has 0 spiro atoms. The quantitative estimate of drug-likeness (QED) is 0.796. The molecule has 1 aliphatic rings. The van der Waals surface area contributed by atoms with Gasteiger partial charge in [-0.05, 0) is 25.0 Å². The Bertz CT molecular complexity index is 870. The van der Waals surface area contributed by atoms with Crippen molar-refractivity contribution in [1.82, 2.24) is 23.5 Å². The fourth-order valence-corrected chi connectivity index (χ4v) is 2.97. The summed E-state index contributed by atoms with van der Waals surface area (Å²) >= 11 is 7.36. The third-order valence-corrected chi connectivity index (χ3v) is 4.18. The molecule has 1 aromatic carbocycles. The van der Waals surface area contributed by atoms with E-state index in [0.29, 0.717) is 27.6 Å². The van der Waals surface area contributed by atoms with Crippen LogP contribution in [-0.2, 0) is 0 Å². The normalized spacial score (nSPS) is 14.7. The van der Waals surface area contributed by atoms with Gasteiger partial charge in [0.1, 0.15) is 22.5 Å². The first kappa shape index (κ1) is 12.7. The number of carboxylic acid groups (broad SMARTS) is 1. The molecule has 1 N–H and O–H groups in total. The van der Waals surface area contributed by atoms with Gasteiger partial charge in [0.05, 0.1) is 16.8 Å². The van der Waals surface area contributed by atoms with Crippen molar-refractivity contribution in [2.24, 2.45) is 0 Å². The van der Waals surface area contributed by atoms with Gasteiger partial charge in [-0.1, -0.05) is 11.6 Å². The molecule has 1 fully saturated rings. The summed E-state index contributed by atoms with van der Waals surface area (Å²) in [5.74, 6) is -0.540. The number of carbonyl (C=O) groups is 1. The zero-order chi connectivity index (χ0) is 14.6. The molecule has 2 aromatic heterocycles. The fraction of sp³-hybridized carbons (Fsp3) is 0.250. The maximum Gasteiger partial charge on any atom is 0.375 e. The molecule has 21 heavy (non-hydrogen) atoms. The first-order chi connectivity index (χ1) is 10.1. The highest BCUT2D eigenvalue weighted by Gasteiger charge is 2.32. The Morgan fingerprint density at radius 1 is 1.38 bits per heavy atom. The number of hydrogen-bond donors (Lipinski definition) is 1. The SMILES string of the molecule is O=C(O)c1nc(C2CC2)n(-c2c(Cl)ccc3nsnc23)n1. The van der Waals surface area contributed by atoms with Crippen molar-refractivity contribution in [2.75, 3.05) is 0 Å². The second-order valence-electron chi connectivity index (χ2n) is 4.81. The van der Waals surface area contributed by atoms with Gasteiger partial charge in [0.25, 0.3) is 5.82 Å². The van der Waals surface area contributed by atoms with Crippen molar-refractivity contribution < 1.29 is 9.90 Å². The zero-order valence-electron chi connectivity index (χ0n) is 10.5. The van der Waals surface area contributed by atoms with Crippen LogP contribution in [0, 0.1) is 0 Å². The molecule has 0 aliphatic heterocycles. The number of aromatic carboxylic acids is 1. The van der Waals surface area contributed by atoms with E-state index in [1.54, 1.807) is 12.1 Å². The standard InChI is InChI=1S/C12H8ClN5O2S/c13-6-3-4-7-8(17-21-16-7)9(6)18-11(5-1-2-5)14-10(15-18)12(19)20/h3-5H,1-2H2,(H,19,20). The topological polar surface area (TPSA) is 93.8 Å². The lowest BCUT2D eigenvalue weighted by atomic mass is 10.2. The molecule has 0 unspecified atom stereocenters. The van der Waals surface area contributed by atoms with E-state index in [1.807, 2.05) is 0 Å². The molecule has 2 heterocycles. The van der Waals surface area contributed by atoms with E-state index in [1.165, 1.54) is 4.68 Å². The van der Waals surface area contributed by atoms with E-state index in [9.17, 15) is 4.79 Å². The number of aromatic nitrogens is 5. The second kappa shape index (κ2) is 4.47. The third kappa shape index (κ3) is 1.98. The lowest BCUT2D eigenvalue weighted by Crippen LogP contribution is -2.05. The van der Waals surface area contributed by atoms with E-state index < -0.39 is 5.97 Å². The summed E-state index contributed by atoms with van der Waals surface area (Å²) in [6.07, 6.45) is 1.95. The van der Waals surface area contributed by atoms with E-state index >= 15 is 0 Å². The predicted octanol–water partition coefficient (Wildman–Crippen LogP) is 2.50. The molecule has 0 atom stereocenters. The highest BCUT2D eigenvalue weighted by molar-refractivity contribution is 7.00. The summed E-state index contributed by atoms with van der Waals surface area (Å²) in [6, 6.07) is 3.48. The highest BCUT2D eigenvalue weighted by Crippen LogP contribution is 2.41. The second-order valence-corrected chi connectivity index (χ2v) is 5.75. The van der Waals surface area contributed by atoms with Gasteiger partial charge in [0.2, 0.25) is 0 Å². The minimum atomic E-state index is -1.16. The van der Waals surface area contributed by atoms with Gasteiger partial charge >= 0.3 is 5.97 Å². The molecule has 7 nitrogen and oxygen atoms in total. The molecule has 1 saturated carbocycles. The fourth-order valence-electron chi connectivity index (χ4n) is 2.20. The molecule has 0 radical (unpaired) electrons. The van der Waals surface area contributed by atoms with Crippen molar-refractivity contribution in [1.29, 1.82) is 0 Å². The molecular formula is C12H8ClN5O2S. The van der Waals surface area contributed by atoms with Crippen LogP contribution in [0.15, 0.2) is 12.1 Å². The predicted molar refractivity (Wildman–Crippen MR) is 76.3 cm³/mol. The van der Waals surface area contributed by atoms with Gasteiger partial charge < -0.3 is 5.11 Å². The Hall–Kier alpha value is -2.06. The summed E-state index contributed by atoms with van der Waals surface area (Å²) in [7, 11) is 0. The van der Waals surface area contributed by atoms with Crippen LogP contribution in [0.1, 0.15) is 35.2 Å². The van der Waals surface area contributed by atoms with Crippen LogP contribution < -0.4 is 0 Å². The van der Waals surface area contributed by atoms with Crippen LogP contribution >= 0.6 is 23.3 Å². The summed E-state index contributed by atoms with van der Waals surface area (Å²) in [5, 5.41) is 13.7. The van der Waals surface area contributed by atoms with Crippen LogP contribution in [0.5, 0.6) is 0 Å². The lowest BCUT2D eigenvalue weighted by molar-refractivity contribution is 0.0683. The molecule has 4 rings (SSSR count). The van der Waals surface area contributed by atoms with Crippen LogP contribution in [0.4, 0.5) is 0 Å². The highest BCUT2D eigenvalue weighted by atomic mass is 35.5. The van der Waals surface area contributed by atoms with Gasteiger partial charge in [-0.2, -0.15) is 8.75 Å². The number of nitrogens with zero attached hydrogens (tertiary/aromatic N) is 5. The van der Waals surface area contributed by atoms with Crippen molar-refractivity contribution >= 4 is 40.3 Å². The molecule has 0 saturated heterocycles. The number of carboxylic acids is 1. The Kier molecular flexibility index (Phi) is 2.69. The summed E-state index contributed by atoms with van der Waals surface area (Å²) in [5.41, 5.74) is 1.86. The molecule has 106 valence electrons.